The number of nitrogens with one attached hydrogen (secondary N) is 2. The first-order chi connectivity index (χ1) is 12.5. The van der Waals surface area contributed by atoms with Gasteiger partial charge in [-0.25, -0.2) is 0 Å². The van der Waals surface area contributed by atoms with Crippen molar-refractivity contribution in [2.24, 2.45) is 0 Å². The van der Waals surface area contributed by atoms with Crippen molar-refractivity contribution >= 4 is 57.1 Å². The van der Waals surface area contributed by atoms with Crippen LogP contribution in [-0.2, 0) is 4.79 Å². The minimum Gasteiger partial charge on any atom is -0.330 e. The molecule has 3 rings (SSSR count). The lowest BCUT2D eigenvalue weighted by molar-refractivity contribution is -0.113. The summed E-state index contributed by atoms with van der Waals surface area (Å²) in [7, 11) is 0. The summed E-state index contributed by atoms with van der Waals surface area (Å²) in [5.41, 5.74) is 3.79. The van der Waals surface area contributed by atoms with Crippen LogP contribution >= 0.6 is 34.7 Å². The third kappa shape index (κ3) is 5.20. The van der Waals surface area contributed by atoms with E-state index in [-0.39, 0.29) is 11.7 Å². The average molecular weight is 405 g/mol. The number of hydrogen-bond donors (Lipinski definition) is 2. The molecule has 1 heterocycles. The number of amides is 1. The van der Waals surface area contributed by atoms with E-state index in [0.29, 0.717) is 15.8 Å². The molecule has 0 unspecified atom stereocenters. The van der Waals surface area contributed by atoms with Crippen LogP contribution in [0.5, 0.6) is 0 Å². The third-order valence-electron chi connectivity index (χ3n) is 3.40. The van der Waals surface area contributed by atoms with Crippen molar-refractivity contribution in [2.45, 2.75) is 18.2 Å². The monoisotopic (exact) mass is 404 g/mol. The van der Waals surface area contributed by atoms with Crippen LogP contribution in [0.25, 0.3) is 0 Å². The minimum atomic E-state index is -0.135. The van der Waals surface area contributed by atoms with E-state index in [9.17, 15) is 4.79 Å². The zero-order valence-electron chi connectivity index (χ0n) is 14.2. The molecule has 5 nitrogen and oxygen atoms in total. The van der Waals surface area contributed by atoms with E-state index in [2.05, 4.69) is 20.8 Å². The highest BCUT2D eigenvalue weighted by Gasteiger charge is 2.10. The summed E-state index contributed by atoms with van der Waals surface area (Å²) in [6, 6.07) is 13.5. The Bertz CT molecular complexity index is 929. The fourth-order valence-electron chi connectivity index (χ4n) is 2.20. The van der Waals surface area contributed by atoms with Gasteiger partial charge < -0.3 is 10.6 Å². The van der Waals surface area contributed by atoms with E-state index in [1.54, 1.807) is 6.07 Å². The van der Waals surface area contributed by atoms with Crippen molar-refractivity contribution in [1.29, 1.82) is 0 Å². The molecule has 0 aliphatic rings. The lowest BCUT2D eigenvalue weighted by atomic mass is 10.2. The second-order valence-electron chi connectivity index (χ2n) is 5.69. The number of benzene rings is 2. The van der Waals surface area contributed by atoms with Crippen LogP contribution in [-0.4, -0.2) is 21.9 Å². The Balaban J connectivity index is 1.53. The first-order valence-electron chi connectivity index (χ1n) is 7.85. The van der Waals surface area contributed by atoms with Gasteiger partial charge in [0.15, 0.2) is 4.34 Å². The molecule has 0 aliphatic carbocycles. The van der Waals surface area contributed by atoms with Crippen LogP contribution in [0.4, 0.5) is 16.5 Å². The summed E-state index contributed by atoms with van der Waals surface area (Å²) in [6.45, 7) is 3.98. The zero-order chi connectivity index (χ0) is 18.5. The van der Waals surface area contributed by atoms with E-state index in [0.717, 1.165) is 15.6 Å². The molecule has 0 spiro atoms. The van der Waals surface area contributed by atoms with Crippen LogP contribution in [0.3, 0.4) is 0 Å². The predicted molar refractivity (Wildman–Crippen MR) is 110 cm³/mol. The predicted octanol–water partition coefficient (Wildman–Crippen LogP) is 5.28. The molecule has 1 aromatic heterocycles. The number of rotatable bonds is 6. The minimum absolute atomic E-state index is 0.135. The first-order valence-corrected chi connectivity index (χ1v) is 10.0. The summed E-state index contributed by atoms with van der Waals surface area (Å²) in [5, 5.41) is 15.5. The quantitative estimate of drug-likeness (QED) is 0.547. The van der Waals surface area contributed by atoms with Gasteiger partial charge >= 0.3 is 0 Å². The Morgan fingerprint density at radius 1 is 1.15 bits per heavy atom. The molecule has 0 fully saturated rings. The molecule has 0 bridgehead atoms. The van der Waals surface area contributed by atoms with E-state index in [1.165, 1.54) is 28.7 Å². The summed E-state index contributed by atoms with van der Waals surface area (Å²) in [4.78, 5) is 12.1. The van der Waals surface area contributed by atoms with Gasteiger partial charge in [0.05, 0.1) is 16.5 Å². The van der Waals surface area contributed by atoms with Crippen LogP contribution in [0, 0.1) is 13.8 Å². The fraction of sp³-hybridized carbons (Fsp3) is 0.167. The second kappa shape index (κ2) is 8.53. The van der Waals surface area contributed by atoms with Gasteiger partial charge in [-0.05, 0) is 49.2 Å². The van der Waals surface area contributed by atoms with E-state index >= 15 is 0 Å². The van der Waals surface area contributed by atoms with Gasteiger partial charge in [-0.15, -0.1) is 10.2 Å². The van der Waals surface area contributed by atoms with Crippen LogP contribution in [0.15, 0.2) is 46.8 Å². The zero-order valence-corrected chi connectivity index (χ0v) is 16.6. The lowest BCUT2D eigenvalue weighted by Gasteiger charge is -2.07. The molecular weight excluding hydrogens is 388 g/mol. The molecule has 0 saturated carbocycles. The van der Waals surface area contributed by atoms with Crippen molar-refractivity contribution in [3.8, 4) is 0 Å². The van der Waals surface area contributed by atoms with Crippen molar-refractivity contribution in [1.82, 2.24) is 10.2 Å². The fourth-order valence-corrected chi connectivity index (χ4v) is 4.05. The van der Waals surface area contributed by atoms with Gasteiger partial charge in [-0.1, -0.05) is 52.9 Å². The van der Waals surface area contributed by atoms with Crippen molar-refractivity contribution in [3.63, 3.8) is 0 Å². The Hall–Kier alpha value is -2.09. The highest BCUT2D eigenvalue weighted by atomic mass is 35.5. The molecule has 0 saturated heterocycles. The summed E-state index contributed by atoms with van der Waals surface area (Å²) < 4.78 is 0.727. The number of carbonyl (C=O) groups excluding carboxylic acids is 1. The van der Waals surface area contributed by atoms with Crippen molar-refractivity contribution in [3.05, 3.63) is 58.6 Å². The Kier molecular flexibility index (Phi) is 6.13. The molecule has 1 amide bonds. The number of carbonyl (C=O) groups is 1. The number of hydrogen-bond acceptors (Lipinski definition) is 6. The highest BCUT2D eigenvalue weighted by Crippen LogP contribution is 2.28. The molecule has 2 aromatic carbocycles. The lowest BCUT2D eigenvalue weighted by Crippen LogP contribution is -2.14. The average Bonchev–Trinajstić information content (AvgIpc) is 3.03. The molecule has 0 atom stereocenters. The number of thioether (sulfide) groups is 1. The summed E-state index contributed by atoms with van der Waals surface area (Å²) in [5.74, 6) is 0.104. The normalized spacial score (nSPS) is 10.6. The SMILES string of the molecule is Cc1cccc(Nc2nnc(SCC(=O)Nc3ccc(C)cc3Cl)s2)c1. The third-order valence-corrected chi connectivity index (χ3v) is 5.69. The maximum Gasteiger partial charge on any atom is 0.234 e. The van der Waals surface area contributed by atoms with Crippen LogP contribution in [0.2, 0.25) is 5.02 Å². The van der Waals surface area contributed by atoms with Gasteiger partial charge in [-0.2, -0.15) is 0 Å². The van der Waals surface area contributed by atoms with E-state index in [1.807, 2.05) is 50.2 Å². The van der Waals surface area contributed by atoms with E-state index < -0.39 is 0 Å². The Labute approximate surface area is 165 Å². The molecule has 3 aromatic rings. The van der Waals surface area contributed by atoms with Gasteiger partial charge in [0.2, 0.25) is 11.0 Å². The highest BCUT2D eigenvalue weighted by molar-refractivity contribution is 8.01. The van der Waals surface area contributed by atoms with Crippen LogP contribution in [0.1, 0.15) is 11.1 Å². The molecule has 0 aliphatic heterocycles. The van der Waals surface area contributed by atoms with Crippen molar-refractivity contribution in [2.75, 3.05) is 16.4 Å². The number of anilines is 3. The molecule has 8 heteroatoms. The Morgan fingerprint density at radius 3 is 2.73 bits per heavy atom. The van der Waals surface area contributed by atoms with Crippen LogP contribution < -0.4 is 10.6 Å². The number of aromatic nitrogens is 2. The molecule has 134 valence electrons. The van der Waals surface area contributed by atoms with Gasteiger partial charge in [0.25, 0.3) is 0 Å². The number of halogens is 1. The van der Waals surface area contributed by atoms with Gasteiger partial charge in [0.1, 0.15) is 0 Å². The maximum absolute atomic E-state index is 12.1. The smallest absolute Gasteiger partial charge is 0.234 e. The van der Waals surface area contributed by atoms with Gasteiger partial charge in [-0.3, -0.25) is 4.79 Å². The second-order valence-corrected chi connectivity index (χ2v) is 8.29. The first kappa shape index (κ1) is 18.7. The van der Waals surface area contributed by atoms with Gasteiger partial charge in [0, 0.05) is 5.69 Å². The van der Waals surface area contributed by atoms with Crippen molar-refractivity contribution < 1.29 is 4.79 Å². The summed E-state index contributed by atoms with van der Waals surface area (Å²) in [6.07, 6.45) is 0. The largest absolute Gasteiger partial charge is 0.330 e. The standard InChI is InChI=1S/C18H17ClN4OS2/c1-11-4-3-5-13(8-11)20-17-22-23-18(26-17)25-10-16(24)21-15-7-6-12(2)9-14(15)19/h3-9H,10H2,1-2H3,(H,20,22)(H,21,24). The topological polar surface area (TPSA) is 66.9 Å². The number of nitrogens with zero attached hydrogens (tertiary/aromatic N) is 2. The maximum atomic E-state index is 12.1. The molecule has 26 heavy (non-hydrogen) atoms. The summed E-state index contributed by atoms with van der Waals surface area (Å²) >= 11 is 8.88. The van der Waals surface area contributed by atoms with E-state index in [4.69, 9.17) is 11.6 Å². The number of aryl methyl sites for hydroxylation is 2. The molecule has 0 radical (unpaired) electrons. The molecule has 2 N–H and O–H groups in total. The molecular formula is C18H17ClN4OS2. The Morgan fingerprint density at radius 2 is 1.96 bits per heavy atom.